The molecule has 1 aromatic rings. The molecule has 1 aliphatic rings. The molecule has 0 saturated heterocycles. The summed E-state index contributed by atoms with van der Waals surface area (Å²) in [5.74, 6) is 0.165. The Morgan fingerprint density at radius 1 is 1.03 bits per heavy atom. The van der Waals surface area contributed by atoms with Crippen molar-refractivity contribution in [2.24, 2.45) is 10.4 Å². The SMILES string of the molecule is CN=C(NCCNC(=O)c1ccc(C(F)(F)F)cc1)NCC1(C(=O)N(C)C)CCCC1. The van der Waals surface area contributed by atoms with Crippen molar-refractivity contribution >= 4 is 17.8 Å². The van der Waals surface area contributed by atoms with E-state index in [1.165, 1.54) is 0 Å². The van der Waals surface area contributed by atoms with Crippen molar-refractivity contribution in [3.05, 3.63) is 35.4 Å². The molecule has 0 atom stereocenters. The summed E-state index contributed by atoms with van der Waals surface area (Å²) in [6.07, 6.45) is -0.739. The molecule has 1 fully saturated rings. The molecular formula is C21H30F3N5O2. The first kappa shape index (κ1) is 24.5. The van der Waals surface area contributed by atoms with Crippen molar-refractivity contribution in [1.29, 1.82) is 0 Å². The Kier molecular flexibility index (Phi) is 8.29. The highest BCUT2D eigenvalue weighted by Gasteiger charge is 2.42. The van der Waals surface area contributed by atoms with Gasteiger partial charge in [-0.2, -0.15) is 13.2 Å². The van der Waals surface area contributed by atoms with Gasteiger partial charge in [0.2, 0.25) is 5.91 Å². The number of carbonyl (C=O) groups excluding carboxylic acids is 2. The first-order valence-electron chi connectivity index (χ1n) is 10.2. The maximum Gasteiger partial charge on any atom is 0.416 e. The highest BCUT2D eigenvalue weighted by atomic mass is 19.4. The lowest BCUT2D eigenvalue weighted by Gasteiger charge is -2.31. The molecule has 0 aromatic heterocycles. The minimum absolute atomic E-state index is 0.108. The van der Waals surface area contributed by atoms with Crippen molar-refractivity contribution in [3.8, 4) is 0 Å². The van der Waals surface area contributed by atoms with Gasteiger partial charge in [-0.3, -0.25) is 14.6 Å². The Labute approximate surface area is 180 Å². The van der Waals surface area contributed by atoms with Crippen molar-refractivity contribution < 1.29 is 22.8 Å². The second kappa shape index (κ2) is 10.5. The number of aliphatic imine (C=N–C) groups is 1. The zero-order valence-electron chi connectivity index (χ0n) is 18.1. The highest BCUT2D eigenvalue weighted by molar-refractivity contribution is 5.94. The summed E-state index contributed by atoms with van der Waals surface area (Å²) in [7, 11) is 5.13. The fourth-order valence-corrected chi connectivity index (χ4v) is 3.74. The number of nitrogens with one attached hydrogen (secondary N) is 3. The van der Waals surface area contributed by atoms with Crippen molar-refractivity contribution in [3.63, 3.8) is 0 Å². The quantitative estimate of drug-likeness (QED) is 0.344. The number of carbonyl (C=O) groups is 2. The van der Waals surface area contributed by atoms with Crippen molar-refractivity contribution in [1.82, 2.24) is 20.9 Å². The standard InChI is InChI=1S/C21H30F3N5O2/c1-25-19(28-14-20(10-4-5-11-20)18(31)29(2)3)27-13-12-26-17(30)15-6-8-16(9-7-15)21(22,23)24/h6-9H,4-5,10-14H2,1-3H3,(H,26,30)(H2,25,27,28). The van der Waals surface area contributed by atoms with E-state index >= 15 is 0 Å². The molecule has 0 spiro atoms. The molecule has 3 N–H and O–H groups in total. The molecule has 0 unspecified atom stereocenters. The minimum atomic E-state index is -4.43. The molecule has 31 heavy (non-hydrogen) atoms. The molecule has 0 radical (unpaired) electrons. The van der Waals surface area contributed by atoms with Crippen molar-refractivity contribution in [2.45, 2.75) is 31.9 Å². The smallest absolute Gasteiger partial charge is 0.355 e. The molecule has 0 heterocycles. The Balaban J connectivity index is 1.79. The topological polar surface area (TPSA) is 85.8 Å². The molecule has 2 rings (SSSR count). The highest BCUT2D eigenvalue weighted by Crippen LogP contribution is 2.38. The Bertz CT molecular complexity index is 785. The van der Waals surface area contributed by atoms with Gasteiger partial charge in [0.25, 0.3) is 5.91 Å². The summed E-state index contributed by atoms with van der Waals surface area (Å²) in [6.45, 7) is 1.09. The van der Waals surface area contributed by atoms with Crippen LogP contribution in [0.4, 0.5) is 13.2 Å². The predicted molar refractivity (Wildman–Crippen MR) is 113 cm³/mol. The fourth-order valence-electron chi connectivity index (χ4n) is 3.74. The molecular weight excluding hydrogens is 411 g/mol. The molecule has 7 nitrogen and oxygen atoms in total. The fraction of sp³-hybridized carbons (Fsp3) is 0.571. The van der Waals surface area contributed by atoms with E-state index in [2.05, 4.69) is 20.9 Å². The molecule has 1 aromatic carbocycles. The van der Waals surface area contributed by atoms with E-state index in [4.69, 9.17) is 0 Å². The van der Waals surface area contributed by atoms with E-state index in [1.54, 1.807) is 26.0 Å². The van der Waals surface area contributed by atoms with Crippen LogP contribution in [0.3, 0.4) is 0 Å². The van der Waals surface area contributed by atoms with Gasteiger partial charge >= 0.3 is 6.18 Å². The maximum absolute atomic E-state index is 12.6. The van der Waals surface area contributed by atoms with Gasteiger partial charge in [-0.1, -0.05) is 12.8 Å². The number of guanidine groups is 1. The average molecular weight is 441 g/mol. The number of benzene rings is 1. The Morgan fingerprint density at radius 3 is 2.13 bits per heavy atom. The predicted octanol–water partition coefficient (Wildman–Crippen LogP) is 2.25. The number of amides is 2. The lowest BCUT2D eigenvalue weighted by molar-refractivity contribution is -0.139. The molecule has 1 aliphatic carbocycles. The summed E-state index contributed by atoms with van der Waals surface area (Å²) in [6, 6.07) is 4.06. The third-order valence-corrected chi connectivity index (χ3v) is 5.42. The van der Waals surface area contributed by atoms with Crippen LogP contribution in [-0.2, 0) is 11.0 Å². The first-order valence-corrected chi connectivity index (χ1v) is 10.2. The lowest BCUT2D eigenvalue weighted by atomic mass is 9.84. The summed E-state index contributed by atoms with van der Waals surface area (Å²) in [5.41, 5.74) is -1.08. The zero-order chi connectivity index (χ0) is 23.1. The second-order valence-corrected chi connectivity index (χ2v) is 7.87. The van der Waals surface area contributed by atoms with Crippen molar-refractivity contribution in [2.75, 3.05) is 40.8 Å². The van der Waals surface area contributed by atoms with Gasteiger partial charge in [0, 0.05) is 46.3 Å². The van der Waals surface area contributed by atoms with Crippen LogP contribution in [-0.4, -0.2) is 63.5 Å². The largest absolute Gasteiger partial charge is 0.416 e. The molecule has 0 bridgehead atoms. The summed E-state index contributed by atoms with van der Waals surface area (Å²) in [4.78, 5) is 30.5. The van der Waals surface area contributed by atoms with Gasteiger partial charge in [-0.25, -0.2) is 0 Å². The van der Waals surface area contributed by atoms with Crippen LogP contribution >= 0.6 is 0 Å². The molecule has 1 saturated carbocycles. The zero-order valence-corrected chi connectivity index (χ0v) is 18.1. The number of hydrogen-bond donors (Lipinski definition) is 3. The van der Waals surface area contributed by atoms with E-state index in [1.807, 2.05) is 0 Å². The first-order chi connectivity index (χ1) is 14.6. The molecule has 10 heteroatoms. The van der Waals surface area contributed by atoms with Crippen LogP contribution < -0.4 is 16.0 Å². The summed E-state index contributed by atoms with van der Waals surface area (Å²) in [5, 5.41) is 8.91. The van der Waals surface area contributed by atoms with E-state index in [9.17, 15) is 22.8 Å². The number of halogens is 3. The van der Waals surface area contributed by atoms with Gasteiger partial charge in [-0.05, 0) is 37.1 Å². The van der Waals surface area contributed by atoms with Gasteiger partial charge in [0.15, 0.2) is 5.96 Å². The third-order valence-electron chi connectivity index (χ3n) is 5.42. The summed E-state index contributed by atoms with van der Waals surface area (Å²) >= 11 is 0. The Morgan fingerprint density at radius 2 is 1.61 bits per heavy atom. The average Bonchev–Trinajstić information content (AvgIpc) is 3.22. The van der Waals surface area contributed by atoms with Crippen LogP contribution in [0, 0.1) is 5.41 Å². The molecule has 0 aliphatic heterocycles. The minimum Gasteiger partial charge on any atom is -0.355 e. The monoisotopic (exact) mass is 441 g/mol. The maximum atomic E-state index is 12.6. The van der Waals surface area contributed by atoms with Crippen LogP contribution in [0.5, 0.6) is 0 Å². The van der Waals surface area contributed by atoms with Gasteiger partial charge < -0.3 is 20.9 Å². The van der Waals surface area contributed by atoms with Gasteiger partial charge in [0.05, 0.1) is 11.0 Å². The Hall–Kier alpha value is -2.78. The third kappa shape index (κ3) is 6.60. The number of rotatable bonds is 7. The van der Waals surface area contributed by atoms with E-state index in [0.717, 1.165) is 49.9 Å². The van der Waals surface area contributed by atoms with Gasteiger partial charge in [0.1, 0.15) is 0 Å². The van der Waals surface area contributed by atoms with E-state index < -0.39 is 23.1 Å². The van der Waals surface area contributed by atoms with E-state index in [0.29, 0.717) is 19.0 Å². The van der Waals surface area contributed by atoms with Crippen LogP contribution in [0.1, 0.15) is 41.6 Å². The molecule has 172 valence electrons. The number of alkyl halides is 3. The van der Waals surface area contributed by atoms with Crippen LogP contribution in [0.25, 0.3) is 0 Å². The number of nitrogens with zero attached hydrogens (tertiary/aromatic N) is 2. The summed E-state index contributed by atoms with van der Waals surface area (Å²) < 4.78 is 37.8. The van der Waals surface area contributed by atoms with Crippen LogP contribution in [0.2, 0.25) is 0 Å². The normalized spacial score (nSPS) is 16.0. The van der Waals surface area contributed by atoms with Crippen LogP contribution in [0.15, 0.2) is 29.3 Å². The van der Waals surface area contributed by atoms with Gasteiger partial charge in [-0.15, -0.1) is 0 Å². The van der Waals surface area contributed by atoms with E-state index in [-0.39, 0.29) is 18.0 Å². The lowest BCUT2D eigenvalue weighted by Crippen LogP contribution is -2.50. The molecule has 2 amide bonds. The number of hydrogen-bond acceptors (Lipinski definition) is 3. The second-order valence-electron chi connectivity index (χ2n) is 7.87.